The predicted molar refractivity (Wildman–Crippen MR) is 61.1 cm³/mol. The lowest BCUT2D eigenvalue weighted by Crippen LogP contribution is -2.40. The summed E-state index contributed by atoms with van der Waals surface area (Å²) in [5.41, 5.74) is 5.43. The quantitative estimate of drug-likeness (QED) is 0.707. The number of fused-ring (bicyclic) bond motifs is 2. The first-order valence-corrected chi connectivity index (χ1v) is 6.03. The maximum Gasteiger partial charge on any atom is 0.224 e. The molecule has 2 nitrogen and oxygen atoms in total. The van der Waals surface area contributed by atoms with Gasteiger partial charge in [0.05, 0.1) is 5.41 Å². The Kier molecular flexibility index (Phi) is 2.61. The van der Waals surface area contributed by atoms with E-state index >= 15 is 0 Å². The molecule has 1 saturated carbocycles. The summed E-state index contributed by atoms with van der Waals surface area (Å²) in [7, 11) is 0. The zero-order valence-corrected chi connectivity index (χ0v) is 9.70. The zero-order valence-electron chi connectivity index (χ0n) is 9.70. The second-order valence-corrected chi connectivity index (χ2v) is 5.64. The molecule has 1 amide bonds. The summed E-state index contributed by atoms with van der Waals surface area (Å²) in [5.74, 6) is 1.64. The van der Waals surface area contributed by atoms with Crippen LogP contribution in [0.1, 0.15) is 39.5 Å². The van der Waals surface area contributed by atoms with Gasteiger partial charge in [0, 0.05) is 0 Å². The van der Waals surface area contributed by atoms with Crippen molar-refractivity contribution < 1.29 is 4.79 Å². The third-order valence-electron chi connectivity index (χ3n) is 4.17. The molecule has 2 heteroatoms. The number of rotatable bonds is 4. The van der Waals surface area contributed by atoms with E-state index in [9.17, 15) is 4.79 Å². The summed E-state index contributed by atoms with van der Waals surface area (Å²) in [4.78, 5) is 11.7. The van der Waals surface area contributed by atoms with Crippen molar-refractivity contribution in [2.45, 2.75) is 39.5 Å². The fourth-order valence-corrected chi connectivity index (χ4v) is 3.20. The van der Waals surface area contributed by atoms with E-state index in [0.29, 0.717) is 17.8 Å². The van der Waals surface area contributed by atoms with Gasteiger partial charge in [-0.3, -0.25) is 4.79 Å². The minimum Gasteiger partial charge on any atom is -0.369 e. The van der Waals surface area contributed by atoms with Crippen LogP contribution in [-0.4, -0.2) is 5.91 Å². The summed E-state index contributed by atoms with van der Waals surface area (Å²) < 4.78 is 0. The van der Waals surface area contributed by atoms with E-state index in [1.54, 1.807) is 0 Å². The van der Waals surface area contributed by atoms with Gasteiger partial charge in [-0.05, 0) is 43.4 Å². The second kappa shape index (κ2) is 3.66. The Labute approximate surface area is 91.9 Å². The number of amides is 1. The monoisotopic (exact) mass is 207 g/mol. The minimum absolute atomic E-state index is 0.0694. The van der Waals surface area contributed by atoms with Gasteiger partial charge in [0.15, 0.2) is 0 Å². The molecule has 3 atom stereocenters. The molecule has 2 rings (SSSR count). The Morgan fingerprint density at radius 2 is 2.27 bits per heavy atom. The highest BCUT2D eigenvalue weighted by atomic mass is 16.1. The number of primary amides is 1. The van der Waals surface area contributed by atoms with Gasteiger partial charge >= 0.3 is 0 Å². The highest BCUT2D eigenvalue weighted by Crippen LogP contribution is 2.54. The van der Waals surface area contributed by atoms with Gasteiger partial charge in [-0.25, -0.2) is 0 Å². The summed E-state index contributed by atoms with van der Waals surface area (Å²) in [6.07, 6.45) is 8.73. The number of hydrogen-bond donors (Lipinski definition) is 1. The van der Waals surface area contributed by atoms with Crippen molar-refractivity contribution in [3.63, 3.8) is 0 Å². The minimum atomic E-state index is -0.205. The van der Waals surface area contributed by atoms with Crippen LogP contribution in [0.3, 0.4) is 0 Å². The number of nitrogens with two attached hydrogens (primary N) is 1. The van der Waals surface area contributed by atoms with Crippen LogP contribution in [0.25, 0.3) is 0 Å². The molecule has 2 N–H and O–H groups in total. The van der Waals surface area contributed by atoms with Crippen molar-refractivity contribution >= 4 is 5.91 Å². The maximum absolute atomic E-state index is 11.7. The van der Waals surface area contributed by atoms with Crippen molar-refractivity contribution in [2.24, 2.45) is 28.9 Å². The molecule has 3 unspecified atom stereocenters. The largest absolute Gasteiger partial charge is 0.369 e. The van der Waals surface area contributed by atoms with Gasteiger partial charge in [-0.2, -0.15) is 0 Å². The number of hydrogen-bond acceptors (Lipinski definition) is 1. The second-order valence-electron chi connectivity index (χ2n) is 5.64. The molecule has 0 spiro atoms. The van der Waals surface area contributed by atoms with Crippen LogP contribution >= 0.6 is 0 Å². The van der Waals surface area contributed by atoms with Crippen molar-refractivity contribution in [2.75, 3.05) is 0 Å². The highest BCUT2D eigenvalue weighted by Gasteiger charge is 2.51. The average molecular weight is 207 g/mol. The van der Waals surface area contributed by atoms with Gasteiger partial charge in [-0.1, -0.05) is 26.0 Å². The molecule has 0 aromatic carbocycles. The predicted octanol–water partition coefficient (Wildman–Crippen LogP) is 2.49. The number of carbonyl (C=O) groups excluding carboxylic acids is 1. The molecule has 0 saturated heterocycles. The molecule has 2 aliphatic rings. The molecule has 2 aliphatic carbocycles. The van der Waals surface area contributed by atoms with E-state index in [1.807, 2.05) is 0 Å². The molecule has 15 heavy (non-hydrogen) atoms. The van der Waals surface area contributed by atoms with Gasteiger partial charge < -0.3 is 5.73 Å². The van der Waals surface area contributed by atoms with Crippen molar-refractivity contribution in [1.82, 2.24) is 0 Å². The average Bonchev–Trinajstić information content (AvgIpc) is 2.74. The molecular weight excluding hydrogens is 186 g/mol. The van der Waals surface area contributed by atoms with E-state index < -0.39 is 0 Å². The molecule has 0 radical (unpaired) electrons. The normalized spacial score (nSPS) is 37.8. The number of allylic oxidation sites excluding steroid dienone is 2. The van der Waals surface area contributed by atoms with Crippen molar-refractivity contribution in [3.8, 4) is 0 Å². The molecule has 0 aliphatic heterocycles. The highest BCUT2D eigenvalue weighted by molar-refractivity contribution is 5.82. The first-order valence-electron chi connectivity index (χ1n) is 6.03. The van der Waals surface area contributed by atoms with Crippen LogP contribution in [0, 0.1) is 23.2 Å². The Balaban J connectivity index is 2.12. The molecule has 1 fully saturated rings. The first kappa shape index (κ1) is 10.7. The van der Waals surface area contributed by atoms with E-state index in [0.717, 1.165) is 25.7 Å². The molecule has 0 aromatic rings. The lowest BCUT2D eigenvalue weighted by atomic mass is 9.71. The van der Waals surface area contributed by atoms with Crippen LogP contribution < -0.4 is 5.73 Å². The van der Waals surface area contributed by atoms with Crippen molar-refractivity contribution in [1.29, 1.82) is 0 Å². The van der Waals surface area contributed by atoms with Crippen LogP contribution in [0.4, 0.5) is 0 Å². The molecular formula is C13H21NO. The summed E-state index contributed by atoms with van der Waals surface area (Å²) in [6, 6.07) is 0. The summed E-state index contributed by atoms with van der Waals surface area (Å²) in [6.45, 7) is 4.41. The van der Waals surface area contributed by atoms with Crippen LogP contribution in [0.5, 0.6) is 0 Å². The van der Waals surface area contributed by atoms with E-state index in [2.05, 4.69) is 26.0 Å². The van der Waals surface area contributed by atoms with Gasteiger partial charge in [0.1, 0.15) is 0 Å². The smallest absolute Gasteiger partial charge is 0.224 e. The van der Waals surface area contributed by atoms with Gasteiger partial charge in [0.25, 0.3) is 0 Å². The fraction of sp³-hybridized carbons (Fsp3) is 0.769. The molecule has 84 valence electrons. The van der Waals surface area contributed by atoms with Gasteiger partial charge in [-0.15, -0.1) is 0 Å². The lowest BCUT2D eigenvalue weighted by Gasteiger charge is -2.33. The third-order valence-corrected chi connectivity index (χ3v) is 4.17. The van der Waals surface area contributed by atoms with E-state index in [1.165, 1.54) is 0 Å². The van der Waals surface area contributed by atoms with Crippen LogP contribution in [-0.2, 0) is 4.79 Å². The maximum atomic E-state index is 11.7. The van der Waals surface area contributed by atoms with Crippen molar-refractivity contribution in [3.05, 3.63) is 12.2 Å². The summed E-state index contributed by atoms with van der Waals surface area (Å²) in [5, 5.41) is 0. The van der Waals surface area contributed by atoms with E-state index in [4.69, 9.17) is 5.73 Å². The van der Waals surface area contributed by atoms with Crippen LogP contribution in [0.15, 0.2) is 12.2 Å². The van der Waals surface area contributed by atoms with E-state index in [-0.39, 0.29) is 11.3 Å². The fourth-order valence-electron chi connectivity index (χ4n) is 3.20. The Bertz CT molecular complexity index is 295. The van der Waals surface area contributed by atoms with Crippen LogP contribution in [0.2, 0.25) is 0 Å². The number of carbonyl (C=O) groups is 1. The Morgan fingerprint density at radius 3 is 2.67 bits per heavy atom. The standard InChI is InChI=1S/C13H21NO/c1-9(2)5-6-13(12(14)15)8-10-3-4-11(13)7-10/h3-4,9-11H,5-8H2,1-2H3,(H2,14,15). The SMILES string of the molecule is CC(C)CCC1(C(N)=O)CC2C=CC1C2. The Hall–Kier alpha value is -0.790. The third kappa shape index (κ3) is 1.70. The lowest BCUT2D eigenvalue weighted by molar-refractivity contribution is -0.129. The molecule has 0 heterocycles. The van der Waals surface area contributed by atoms with Gasteiger partial charge in [0.2, 0.25) is 5.91 Å². The first-order chi connectivity index (χ1) is 7.04. The topological polar surface area (TPSA) is 43.1 Å². The summed E-state index contributed by atoms with van der Waals surface area (Å²) >= 11 is 0. The molecule has 0 aromatic heterocycles. The molecule has 2 bridgehead atoms. The Morgan fingerprint density at radius 1 is 1.53 bits per heavy atom. The zero-order chi connectivity index (χ0) is 11.1.